The second-order valence-electron chi connectivity index (χ2n) is 5.47. The van der Waals surface area contributed by atoms with E-state index in [1.54, 1.807) is 0 Å². The second-order valence-corrected chi connectivity index (χ2v) is 6.39. The molecule has 4 nitrogen and oxygen atoms in total. The van der Waals surface area contributed by atoms with E-state index in [1.807, 2.05) is 24.3 Å². The molecule has 1 aromatic rings. The molecule has 2 atom stereocenters. The normalized spacial score (nSPS) is 26.2. The van der Waals surface area contributed by atoms with Gasteiger partial charge in [-0.05, 0) is 38.1 Å². The van der Waals surface area contributed by atoms with Crippen molar-refractivity contribution in [2.75, 3.05) is 25.0 Å². The molecule has 0 bridgehead atoms. The van der Waals surface area contributed by atoms with Crippen LogP contribution >= 0.6 is 15.9 Å². The van der Waals surface area contributed by atoms with Crippen LogP contribution in [-0.2, 0) is 9.53 Å². The maximum absolute atomic E-state index is 11.9. The third kappa shape index (κ3) is 4.89. The average molecular weight is 342 g/mol. The number of nitrogens with one attached hydrogen (secondary N) is 2. The molecule has 5 heteroatoms. The van der Waals surface area contributed by atoms with E-state index in [4.69, 9.17) is 4.74 Å². The van der Waals surface area contributed by atoms with Crippen LogP contribution in [0.1, 0.15) is 20.3 Å². The summed E-state index contributed by atoms with van der Waals surface area (Å²) in [7, 11) is 0. The number of ether oxygens (including phenoxy) is 1. The number of halogens is 1. The van der Waals surface area contributed by atoms with Crippen LogP contribution in [0.15, 0.2) is 28.7 Å². The van der Waals surface area contributed by atoms with Crippen molar-refractivity contribution >= 4 is 27.5 Å². The molecule has 1 fully saturated rings. The highest BCUT2D eigenvalue weighted by Crippen LogP contribution is 2.14. The number of benzene rings is 1. The predicted molar refractivity (Wildman–Crippen MR) is 83.0 cm³/mol. The quantitative estimate of drug-likeness (QED) is 0.870. The molecule has 1 amide bonds. The van der Waals surface area contributed by atoms with Crippen molar-refractivity contribution in [3.8, 4) is 0 Å². The monoisotopic (exact) mass is 341 g/mol. The Labute approximate surface area is 128 Å². The number of rotatable bonds is 4. The van der Waals surface area contributed by atoms with E-state index in [2.05, 4.69) is 35.1 Å². The highest BCUT2D eigenvalue weighted by atomic mass is 79.9. The minimum Gasteiger partial charge on any atom is -0.364 e. The molecule has 0 spiro atoms. The first kappa shape index (κ1) is 15.5. The molecule has 2 rings (SSSR count). The first-order valence-corrected chi connectivity index (χ1v) is 7.86. The molecule has 1 aromatic carbocycles. The van der Waals surface area contributed by atoms with E-state index in [1.165, 1.54) is 4.90 Å². The summed E-state index contributed by atoms with van der Waals surface area (Å²) in [4.78, 5) is 13.4. The number of morpholine rings is 1. The molecule has 1 aliphatic rings. The number of hydrogen-bond acceptors (Lipinski definition) is 2. The smallest absolute Gasteiger partial charge is 0.230 e. The summed E-state index contributed by atoms with van der Waals surface area (Å²) in [6.45, 7) is 7.02. The first-order chi connectivity index (χ1) is 9.52. The van der Waals surface area contributed by atoms with Gasteiger partial charge in [-0.3, -0.25) is 4.79 Å². The van der Waals surface area contributed by atoms with Crippen molar-refractivity contribution in [3.05, 3.63) is 28.7 Å². The minimum atomic E-state index is 0.0756. The number of carbonyl (C=O) groups excluding carboxylic acids is 1. The van der Waals surface area contributed by atoms with Gasteiger partial charge in [-0.15, -0.1) is 0 Å². The number of hydrogen-bond donors (Lipinski definition) is 2. The molecule has 2 N–H and O–H groups in total. The third-order valence-corrected chi connectivity index (χ3v) is 3.98. The summed E-state index contributed by atoms with van der Waals surface area (Å²) >= 11 is 3.38. The van der Waals surface area contributed by atoms with Crippen molar-refractivity contribution in [1.29, 1.82) is 0 Å². The predicted octanol–water partition coefficient (Wildman–Crippen LogP) is 1.47. The topological polar surface area (TPSA) is 42.8 Å². The Kier molecular flexibility index (Phi) is 5.57. The van der Waals surface area contributed by atoms with E-state index in [-0.39, 0.29) is 18.1 Å². The molecule has 1 aliphatic heterocycles. The molecule has 0 aliphatic carbocycles. The SMILES string of the molecule is C[C@@H]1C[NH+](CCC(=O)Nc2ccc(Br)cc2)C[C@@H](C)O1. The Morgan fingerprint density at radius 1 is 1.30 bits per heavy atom. The lowest BCUT2D eigenvalue weighted by Gasteiger charge is -2.32. The van der Waals surface area contributed by atoms with E-state index in [0.717, 1.165) is 29.8 Å². The third-order valence-electron chi connectivity index (χ3n) is 3.45. The largest absolute Gasteiger partial charge is 0.364 e. The van der Waals surface area contributed by atoms with Gasteiger partial charge in [0.15, 0.2) is 0 Å². The van der Waals surface area contributed by atoms with Crippen LogP contribution in [-0.4, -0.2) is 37.7 Å². The van der Waals surface area contributed by atoms with Gasteiger partial charge < -0.3 is 15.0 Å². The van der Waals surface area contributed by atoms with Gasteiger partial charge in [-0.25, -0.2) is 0 Å². The minimum absolute atomic E-state index is 0.0756. The summed E-state index contributed by atoms with van der Waals surface area (Å²) in [5.74, 6) is 0.0756. The van der Waals surface area contributed by atoms with Crippen LogP contribution < -0.4 is 10.2 Å². The zero-order valence-electron chi connectivity index (χ0n) is 12.0. The van der Waals surface area contributed by atoms with Crippen molar-refractivity contribution in [1.82, 2.24) is 0 Å². The van der Waals surface area contributed by atoms with E-state index in [9.17, 15) is 4.79 Å². The van der Waals surface area contributed by atoms with Gasteiger partial charge in [0.05, 0.1) is 13.0 Å². The highest BCUT2D eigenvalue weighted by Gasteiger charge is 2.25. The zero-order valence-corrected chi connectivity index (χ0v) is 13.6. The highest BCUT2D eigenvalue weighted by molar-refractivity contribution is 9.10. The van der Waals surface area contributed by atoms with Crippen LogP contribution in [0.5, 0.6) is 0 Å². The van der Waals surface area contributed by atoms with Crippen LogP contribution in [0.25, 0.3) is 0 Å². The standard InChI is InChI=1S/C15H21BrN2O2/c1-11-9-18(10-12(2)20-11)8-7-15(19)17-14-5-3-13(16)4-6-14/h3-6,11-12H,7-10H2,1-2H3,(H,17,19)/p+1/t11-,12-/m1/s1. The fourth-order valence-electron chi connectivity index (χ4n) is 2.64. The van der Waals surface area contributed by atoms with E-state index < -0.39 is 0 Å². The van der Waals surface area contributed by atoms with Crippen LogP contribution in [0.3, 0.4) is 0 Å². The second kappa shape index (κ2) is 7.20. The maximum atomic E-state index is 11.9. The maximum Gasteiger partial charge on any atom is 0.230 e. The molecule has 0 aromatic heterocycles. The van der Waals surface area contributed by atoms with Crippen molar-refractivity contribution in [2.45, 2.75) is 32.5 Å². The van der Waals surface area contributed by atoms with E-state index >= 15 is 0 Å². The Morgan fingerprint density at radius 2 is 1.90 bits per heavy atom. The van der Waals surface area contributed by atoms with Gasteiger partial charge in [-0.2, -0.15) is 0 Å². The Hall–Kier alpha value is -0.910. The molecular formula is C15H22BrN2O2+. The van der Waals surface area contributed by atoms with E-state index in [0.29, 0.717) is 6.42 Å². The molecule has 0 radical (unpaired) electrons. The fourth-order valence-corrected chi connectivity index (χ4v) is 2.90. The van der Waals surface area contributed by atoms with Gasteiger partial charge >= 0.3 is 0 Å². The van der Waals surface area contributed by atoms with Crippen molar-refractivity contribution in [2.24, 2.45) is 0 Å². The van der Waals surface area contributed by atoms with Gasteiger partial charge in [0, 0.05) is 10.2 Å². The van der Waals surface area contributed by atoms with Gasteiger partial charge in [0.1, 0.15) is 25.3 Å². The van der Waals surface area contributed by atoms with Gasteiger partial charge in [0.25, 0.3) is 0 Å². The molecular weight excluding hydrogens is 320 g/mol. The Morgan fingerprint density at radius 3 is 2.50 bits per heavy atom. The summed E-state index contributed by atoms with van der Waals surface area (Å²) in [5.41, 5.74) is 0.844. The summed E-state index contributed by atoms with van der Waals surface area (Å²) in [5, 5.41) is 2.93. The lowest BCUT2D eigenvalue weighted by atomic mass is 10.2. The Balaban J connectivity index is 1.76. The van der Waals surface area contributed by atoms with Crippen LogP contribution in [0.2, 0.25) is 0 Å². The number of carbonyl (C=O) groups is 1. The van der Waals surface area contributed by atoms with Crippen LogP contribution in [0.4, 0.5) is 5.69 Å². The molecule has 1 saturated heterocycles. The van der Waals surface area contributed by atoms with Crippen molar-refractivity contribution < 1.29 is 14.4 Å². The summed E-state index contributed by atoms with van der Waals surface area (Å²) in [6, 6.07) is 7.64. The molecule has 20 heavy (non-hydrogen) atoms. The average Bonchev–Trinajstić information content (AvgIpc) is 2.38. The number of amides is 1. The first-order valence-electron chi connectivity index (χ1n) is 7.07. The Bertz CT molecular complexity index is 440. The van der Waals surface area contributed by atoms with Gasteiger partial charge in [0.2, 0.25) is 5.91 Å². The number of anilines is 1. The molecule has 110 valence electrons. The molecule has 0 unspecified atom stereocenters. The van der Waals surface area contributed by atoms with Gasteiger partial charge in [-0.1, -0.05) is 15.9 Å². The number of quaternary nitrogens is 1. The molecule has 1 heterocycles. The fraction of sp³-hybridized carbons (Fsp3) is 0.533. The zero-order chi connectivity index (χ0) is 14.5. The lowest BCUT2D eigenvalue weighted by Crippen LogP contribution is -3.15. The van der Waals surface area contributed by atoms with Crippen LogP contribution in [0, 0.1) is 0 Å². The lowest BCUT2D eigenvalue weighted by molar-refractivity contribution is -0.914. The molecule has 0 saturated carbocycles. The summed E-state index contributed by atoms with van der Waals surface area (Å²) in [6.07, 6.45) is 1.11. The van der Waals surface area contributed by atoms with Crippen molar-refractivity contribution in [3.63, 3.8) is 0 Å². The summed E-state index contributed by atoms with van der Waals surface area (Å²) < 4.78 is 6.71.